The van der Waals surface area contributed by atoms with Crippen molar-refractivity contribution in [1.29, 1.82) is 0 Å². The van der Waals surface area contributed by atoms with E-state index in [1.165, 1.54) is 12.3 Å². The van der Waals surface area contributed by atoms with Crippen LogP contribution < -0.4 is 20.6 Å². The van der Waals surface area contributed by atoms with Crippen LogP contribution in [-0.2, 0) is 18.8 Å². The summed E-state index contributed by atoms with van der Waals surface area (Å²) in [7, 11) is -0.326. The van der Waals surface area contributed by atoms with Crippen LogP contribution in [0.4, 0.5) is 14.6 Å². The van der Waals surface area contributed by atoms with Gasteiger partial charge in [0.1, 0.15) is 18.1 Å². The van der Waals surface area contributed by atoms with E-state index in [1.807, 2.05) is 0 Å². The zero-order chi connectivity index (χ0) is 24.7. The molecule has 1 aromatic carbocycles. The summed E-state index contributed by atoms with van der Waals surface area (Å²) in [6.45, 7) is 2.99. The highest BCUT2D eigenvalue weighted by Crippen LogP contribution is 2.43. The topological polar surface area (TPSA) is 113 Å². The maximum absolute atomic E-state index is 14.7. The van der Waals surface area contributed by atoms with Gasteiger partial charge in [0.15, 0.2) is 0 Å². The lowest BCUT2D eigenvalue weighted by molar-refractivity contribution is -0.145. The predicted octanol–water partition coefficient (Wildman–Crippen LogP) is 3.07. The number of para-hydroxylation sites is 1. The van der Waals surface area contributed by atoms with Crippen LogP contribution >= 0.6 is 8.53 Å². The normalized spacial score (nSPS) is 20.2. The Morgan fingerprint density at radius 3 is 2.71 bits per heavy atom. The first-order valence-electron chi connectivity index (χ1n) is 10.6. The smallest absolute Gasteiger partial charge is 0.351 e. The second-order valence-electron chi connectivity index (χ2n) is 7.66. The fourth-order valence-corrected chi connectivity index (χ4v) is 4.18. The van der Waals surface area contributed by atoms with Gasteiger partial charge >= 0.3 is 20.2 Å². The third-order valence-electron chi connectivity index (χ3n) is 4.55. The SMILES string of the molecule is CNc1ccn([C@@H]2OC(COP(NCC(=O)OC(C)C)Oc3ccccc3)CC2(F)F)c(=O)n1. The molecule has 2 N–H and O–H groups in total. The van der Waals surface area contributed by atoms with Gasteiger partial charge in [-0.25, -0.2) is 18.7 Å². The zero-order valence-corrected chi connectivity index (χ0v) is 19.8. The number of carbonyl (C=O) groups is 1. The number of rotatable bonds is 11. The standard InChI is InChI=1S/C21H27F2N4O6P/c1-14(2)31-18(28)12-25-34(33-15-7-5-4-6-8-15)30-13-16-11-21(22,23)19(32-16)27-10-9-17(24-3)26-20(27)29/h4-10,14,16,19,25H,11-13H2,1-3H3,(H,24,26,29)/t16?,19-,34?/m1/s1. The van der Waals surface area contributed by atoms with Crippen LogP contribution in [0.5, 0.6) is 5.75 Å². The van der Waals surface area contributed by atoms with Crippen LogP contribution in [-0.4, -0.2) is 53.9 Å². The highest BCUT2D eigenvalue weighted by atomic mass is 31.2. The molecule has 2 heterocycles. The van der Waals surface area contributed by atoms with Crippen LogP contribution in [0, 0.1) is 0 Å². The summed E-state index contributed by atoms with van der Waals surface area (Å²) in [5.74, 6) is -3.11. The van der Waals surface area contributed by atoms with Gasteiger partial charge in [-0.2, -0.15) is 4.98 Å². The molecule has 3 rings (SSSR count). The van der Waals surface area contributed by atoms with Crippen LogP contribution in [0.3, 0.4) is 0 Å². The number of hydrogen-bond donors (Lipinski definition) is 2. The van der Waals surface area contributed by atoms with E-state index in [4.69, 9.17) is 18.5 Å². The summed E-state index contributed by atoms with van der Waals surface area (Å²) in [5, 5.41) is 5.49. The van der Waals surface area contributed by atoms with Gasteiger partial charge < -0.3 is 23.8 Å². The van der Waals surface area contributed by atoms with E-state index in [1.54, 1.807) is 51.2 Å². The Kier molecular flexibility index (Phi) is 8.90. The van der Waals surface area contributed by atoms with E-state index in [0.29, 0.717) is 5.75 Å². The third kappa shape index (κ3) is 7.17. The highest BCUT2D eigenvalue weighted by Gasteiger charge is 2.52. The summed E-state index contributed by atoms with van der Waals surface area (Å²) in [6, 6.07) is 10.1. The van der Waals surface area contributed by atoms with Crippen LogP contribution in [0.15, 0.2) is 47.4 Å². The molecule has 1 aromatic heterocycles. The van der Waals surface area contributed by atoms with E-state index < -0.39 is 44.9 Å². The van der Waals surface area contributed by atoms with Crippen molar-refractivity contribution in [3.63, 3.8) is 0 Å². The van der Waals surface area contributed by atoms with E-state index in [9.17, 15) is 18.4 Å². The lowest BCUT2D eigenvalue weighted by Gasteiger charge is -2.21. The van der Waals surface area contributed by atoms with Gasteiger partial charge in [-0.05, 0) is 32.0 Å². The number of carbonyl (C=O) groups excluding carboxylic acids is 1. The number of ether oxygens (including phenoxy) is 2. The van der Waals surface area contributed by atoms with Gasteiger partial charge in [0.25, 0.3) is 5.92 Å². The molecule has 0 bridgehead atoms. The van der Waals surface area contributed by atoms with Crippen molar-refractivity contribution in [2.24, 2.45) is 0 Å². The quantitative estimate of drug-likeness (QED) is 0.355. The van der Waals surface area contributed by atoms with Gasteiger partial charge in [0, 0.05) is 19.7 Å². The summed E-state index contributed by atoms with van der Waals surface area (Å²) in [4.78, 5) is 27.7. The Balaban J connectivity index is 1.64. The van der Waals surface area contributed by atoms with E-state index in [0.717, 1.165) is 4.57 Å². The Bertz CT molecular complexity index is 1010. The number of esters is 1. The minimum absolute atomic E-state index is 0.195. The van der Waals surface area contributed by atoms with Crippen molar-refractivity contribution in [2.75, 3.05) is 25.5 Å². The molecule has 10 nitrogen and oxygen atoms in total. The number of alkyl halides is 2. The monoisotopic (exact) mass is 500 g/mol. The Hall–Kier alpha value is -2.66. The second kappa shape index (κ2) is 11.7. The predicted molar refractivity (Wildman–Crippen MR) is 121 cm³/mol. The molecule has 0 aliphatic carbocycles. The molecule has 13 heteroatoms. The molecule has 3 atom stereocenters. The molecule has 1 fully saturated rings. The van der Waals surface area contributed by atoms with E-state index >= 15 is 0 Å². The van der Waals surface area contributed by atoms with Gasteiger partial charge in [-0.1, -0.05) is 18.2 Å². The van der Waals surface area contributed by atoms with Crippen LogP contribution in [0.25, 0.3) is 0 Å². The number of benzene rings is 1. The average Bonchev–Trinajstić information content (AvgIpc) is 3.09. The number of nitrogens with zero attached hydrogens (tertiary/aromatic N) is 2. The lowest BCUT2D eigenvalue weighted by Crippen LogP contribution is -2.35. The van der Waals surface area contributed by atoms with Gasteiger partial charge in [0.05, 0.1) is 18.8 Å². The molecule has 2 unspecified atom stereocenters. The molecule has 34 heavy (non-hydrogen) atoms. The molecular formula is C21H27F2N4O6P. The zero-order valence-electron chi connectivity index (χ0n) is 18.9. The van der Waals surface area contributed by atoms with Crippen LogP contribution in [0.1, 0.15) is 26.5 Å². The van der Waals surface area contributed by atoms with Gasteiger partial charge in [-0.3, -0.25) is 9.36 Å². The molecule has 1 saturated heterocycles. The Morgan fingerprint density at radius 2 is 2.06 bits per heavy atom. The van der Waals surface area contributed by atoms with Crippen molar-refractivity contribution >= 4 is 20.3 Å². The first-order chi connectivity index (χ1) is 16.2. The first kappa shape index (κ1) is 26.0. The number of anilines is 1. The molecule has 0 spiro atoms. The van der Waals surface area contributed by atoms with Crippen molar-refractivity contribution in [3.05, 3.63) is 53.1 Å². The lowest BCUT2D eigenvalue weighted by atomic mass is 10.2. The van der Waals surface area contributed by atoms with E-state index in [-0.39, 0.29) is 25.1 Å². The summed E-state index contributed by atoms with van der Waals surface area (Å²) in [6.07, 6.45) is -2.59. The fraction of sp³-hybridized carbons (Fsp3) is 0.476. The first-order valence-corrected chi connectivity index (χ1v) is 11.7. The Morgan fingerprint density at radius 1 is 1.32 bits per heavy atom. The van der Waals surface area contributed by atoms with Gasteiger partial charge in [-0.15, -0.1) is 0 Å². The van der Waals surface area contributed by atoms with Crippen molar-refractivity contribution < 1.29 is 32.1 Å². The van der Waals surface area contributed by atoms with Gasteiger partial charge in [0.2, 0.25) is 6.23 Å². The number of aromatic nitrogens is 2. The molecule has 1 aliphatic rings. The minimum atomic E-state index is -3.32. The van der Waals surface area contributed by atoms with Crippen molar-refractivity contribution in [1.82, 2.24) is 14.6 Å². The maximum atomic E-state index is 14.7. The maximum Gasteiger partial charge on any atom is 0.351 e. The van der Waals surface area contributed by atoms with Crippen molar-refractivity contribution in [3.8, 4) is 5.75 Å². The summed E-state index contributed by atoms with van der Waals surface area (Å²) in [5.41, 5.74) is -0.863. The highest BCUT2D eigenvalue weighted by molar-refractivity contribution is 7.45. The molecule has 0 radical (unpaired) electrons. The van der Waals surface area contributed by atoms with Crippen molar-refractivity contribution in [2.45, 2.75) is 44.6 Å². The summed E-state index contributed by atoms with van der Waals surface area (Å²) >= 11 is 0. The second-order valence-corrected chi connectivity index (χ2v) is 8.93. The fourth-order valence-electron chi connectivity index (χ4n) is 3.10. The van der Waals surface area contributed by atoms with E-state index in [2.05, 4.69) is 15.4 Å². The molecule has 2 aromatic rings. The Labute approximate surface area is 196 Å². The minimum Gasteiger partial charge on any atom is -0.462 e. The van der Waals surface area contributed by atoms with Crippen LogP contribution in [0.2, 0.25) is 0 Å². The number of halogens is 2. The largest absolute Gasteiger partial charge is 0.462 e. The molecular weight excluding hydrogens is 473 g/mol. The molecule has 0 amide bonds. The molecule has 0 saturated carbocycles. The molecule has 186 valence electrons. The number of hydrogen-bond acceptors (Lipinski definition) is 9. The summed E-state index contributed by atoms with van der Waals surface area (Å²) < 4.78 is 52.1. The number of nitrogens with one attached hydrogen (secondary N) is 2. The average molecular weight is 500 g/mol. The third-order valence-corrected chi connectivity index (χ3v) is 5.73. The molecule has 1 aliphatic heterocycles.